The predicted molar refractivity (Wildman–Crippen MR) is 156 cm³/mol. The van der Waals surface area contributed by atoms with Crippen molar-refractivity contribution in [3.63, 3.8) is 0 Å². The molecule has 10 heteroatoms. The largest absolute Gasteiger partial charge is 0.508 e. The van der Waals surface area contributed by atoms with Crippen LogP contribution in [-0.2, 0) is 11.2 Å². The van der Waals surface area contributed by atoms with Gasteiger partial charge in [-0.1, -0.05) is 30.3 Å². The summed E-state index contributed by atoms with van der Waals surface area (Å²) >= 11 is 0. The van der Waals surface area contributed by atoms with E-state index < -0.39 is 6.04 Å². The van der Waals surface area contributed by atoms with E-state index in [1.165, 1.54) is 0 Å². The SMILES string of the molecule is Nc1nc(-c2ccc(Oc3ccccc3)cc2)nc2c1cnn2[C@@H]1CCCN(C(=O)[C@H](N)Cc2ccc(O)cc2)C1. The third kappa shape index (κ3) is 5.68. The molecule has 1 aliphatic rings. The molecular formula is C31H31N7O3. The Labute approximate surface area is 237 Å². The molecule has 0 bridgehead atoms. The number of nitrogens with zero attached hydrogens (tertiary/aromatic N) is 5. The zero-order valence-electron chi connectivity index (χ0n) is 22.4. The van der Waals surface area contributed by atoms with Gasteiger partial charge in [-0.3, -0.25) is 4.79 Å². The first-order chi connectivity index (χ1) is 19.9. The molecular weight excluding hydrogens is 518 g/mol. The molecule has 3 heterocycles. The molecule has 1 saturated heterocycles. The van der Waals surface area contributed by atoms with Crippen LogP contribution < -0.4 is 16.2 Å². The van der Waals surface area contributed by atoms with Gasteiger partial charge in [0.1, 0.15) is 23.1 Å². The molecule has 2 atom stereocenters. The van der Waals surface area contributed by atoms with Gasteiger partial charge < -0.3 is 26.2 Å². The van der Waals surface area contributed by atoms with Crippen LogP contribution >= 0.6 is 0 Å². The lowest BCUT2D eigenvalue weighted by atomic mass is 10.0. The van der Waals surface area contributed by atoms with E-state index in [2.05, 4.69) is 10.1 Å². The minimum atomic E-state index is -0.675. The van der Waals surface area contributed by atoms with Crippen LogP contribution in [-0.4, -0.2) is 54.8 Å². The molecule has 1 fully saturated rings. The first-order valence-corrected chi connectivity index (χ1v) is 13.6. The highest BCUT2D eigenvalue weighted by molar-refractivity contribution is 5.87. The molecule has 0 unspecified atom stereocenters. The van der Waals surface area contributed by atoms with Crippen LogP contribution in [0.5, 0.6) is 17.2 Å². The van der Waals surface area contributed by atoms with E-state index in [-0.39, 0.29) is 17.7 Å². The lowest BCUT2D eigenvalue weighted by molar-refractivity contribution is -0.134. The maximum atomic E-state index is 13.3. The normalized spacial score (nSPS) is 16.0. The number of ether oxygens (including phenoxy) is 1. The second-order valence-corrected chi connectivity index (χ2v) is 10.3. The van der Waals surface area contributed by atoms with E-state index in [4.69, 9.17) is 21.2 Å². The number of anilines is 1. The van der Waals surface area contributed by atoms with Crippen LogP contribution in [0.25, 0.3) is 22.4 Å². The minimum Gasteiger partial charge on any atom is -0.508 e. The van der Waals surface area contributed by atoms with Crippen molar-refractivity contribution in [3.05, 3.63) is 90.6 Å². The fourth-order valence-electron chi connectivity index (χ4n) is 5.20. The maximum Gasteiger partial charge on any atom is 0.239 e. The van der Waals surface area contributed by atoms with Gasteiger partial charge in [-0.15, -0.1) is 0 Å². The topological polar surface area (TPSA) is 145 Å². The van der Waals surface area contributed by atoms with Crippen LogP contribution in [0.3, 0.4) is 0 Å². The van der Waals surface area contributed by atoms with Crippen molar-refractivity contribution in [2.75, 3.05) is 18.8 Å². The number of aromatic nitrogens is 4. The summed E-state index contributed by atoms with van der Waals surface area (Å²) in [4.78, 5) is 24.4. The van der Waals surface area contributed by atoms with E-state index in [0.29, 0.717) is 47.9 Å². The number of piperidine rings is 1. The molecule has 6 rings (SSSR count). The van der Waals surface area contributed by atoms with E-state index in [0.717, 1.165) is 29.7 Å². The number of amides is 1. The van der Waals surface area contributed by atoms with Gasteiger partial charge in [-0.05, 0) is 73.4 Å². The fraction of sp³-hybridized carbons (Fsp3) is 0.226. The molecule has 10 nitrogen and oxygen atoms in total. The Bertz CT molecular complexity index is 1650. The molecule has 0 radical (unpaired) electrons. The third-order valence-corrected chi connectivity index (χ3v) is 7.34. The van der Waals surface area contributed by atoms with E-state index in [9.17, 15) is 9.90 Å². The van der Waals surface area contributed by atoms with Gasteiger partial charge in [-0.2, -0.15) is 5.10 Å². The van der Waals surface area contributed by atoms with Gasteiger partial charge in [0.25, 0.3) is 0 Å². The van der Waals surface area contributed by atoms with Crippen molar-refractivity contribution in [1.82, 2.24) is 24.6 Å². The Balaban J connectivity index is 1.20. The molecule has 0 spiro atoms. The number of carbonyl (C=O) groups is 1. The molecule has 5 N–H and O–H groups in total. The van der Waals surface area contributed by atoms with Crippen LogP contribution in [0, 0.1) is 0 Å². The van der Waals surface area contributed by atoms with Crippen LogP contribution in [0.1, 0.15) is 24.4 Å². The predicted octanol–water partition coefficient (Wildman–Crippen LogP) is 4.31. The summed E-state index contributed by atoms with van der Waals surface area (Å²) in [6.45, 7) is 1.11. The zero-order chi connectivity index (χ0) is 28.3. The number of likely N-dealkylation sites (tertiary alicyclic amines) is 1. The standard InChI is InChI=1S/C31H31N7O3/c32-27(17-20-8-12-23(39)13-9-20)31(40)37-16-4-5-22(19-37)38-30-26(18-34-38)28(33)35-29(36-30)21-10-14-25(15-11-21)41-24-6-2-1-3-7-24/h1-3,6-15,18,22,27,39H,4-5,16-17,19,32H2,(H2,33,35,36)/t22-,27-/m1/s1. The molecule has 0 saturated carbocycles. The summed E-state index contributed by atoms with van der Waals surface area (Å²) in [6, 6.07) is 23.1. The fourth-order valence-corrected chi connectivity index (χ4v) is 5.20. The Morgan fingerprint density at radius 2 is 1.73 bits per heavy atom. The van der Waals surface area contributed by atoms with Crippen molar-refractivity contribution in [2.24, 2.45) is 5.73 Å². The number of nitrogens with two attached hydrogens (primary N) is 2. The molecule has 3 aromatic carbocycles. The Hall–Kier alpha value is -4.96. The zero-order valence-corrected chi connectivity index (χ0v) is 22.4. The van der Waals surface area contributed by atoms with Gasteiger partial charge in [-0.25, -0.2) is 14.6 Å². The summed E-state index contributed by atoms with van der Waals surface area (Å²) in [5.41, 5.74) is 15.0. The first-order valence-electron chi connectivity index (χ1n) is 13.6. The lowest BCUT2D eigenvalue weighted by Gasteiger charge is -2.34. The monoisotopic (exact) mass is 549 g/mol. The number of hydrogen-bond donors (Lipinski definition) is 3. The Kier molecular flexibility index (Phi) is 7.22. The van der Waals surface area contributed by atoms with Gasteiger partial charge in [0.2, 0.25) is 5.91 Å². The number of phenolic OH excluding ortho intramolecular Hbond substituents is 1. The summed E-state index contributed by atoms with van der Waals surface area (Å²) < 4.78 is 7.76. The molecule has 1 aliphatic heterocycles. The highest BCUT2D eigenvalue weighted by Crippen LogP contribution is 2.30. The van der Waals surface area contributed by atoms with Crippen molar-refractivity contribution in [1.29, 1.82) is 0 Å². The van der Waals surface area contributed by atoms with Crippen molar-refractivity contribution in [2.45, 2.75) is 31.3 Å². The average Bonchev–Trinajstić information content (AvgIpc) is 3.44. The highest BCUT2D eigenvalue weighted by Gasteiger charge is 2.30. The van der Waals surface area contributed by atoms with E-state index >= 15 is 0 Å². The van der Waals surface area contributed by atoms with E-state index in [1.807, 2.05) is 64.2 Å². The summed E-state index contributed by atoms with van der Waals surface area (Å²) in [6.07, 6.45) is 3.74. The van der Waals surface area contributed by atoms with Gasteiger partial charge in [0.05, 0.1) is 23.7 Å². The number of para-hydroxylation sites is 1. The Morgan fingerprint density at radius 1 is 1.00 bits per heavy atom. The quantitative estimate of drug-likeness (QED) is 0.272. The minimum absolute atomic E-state index is 0.0742. The van der Waals surface area contributed by atoms with Crippen molar-refractivity contribution in [3.8, 4) is 28.6 Å². The van der Waals surface area contributed by atoms with Gasteiger partial charge in [0, 0.05) is 18.7 Å². The number of rotatable bonds is 7. The molecule has 208 valence electrons. The molecule has 41 heavy (non-hydrogen) atoms. The number of phenols is 1. The summed E-state index contributed by atoms with van der Waals surface area (Å²) in [5.74, 6) is 2.37. The van der Waals surface area contributed by atoms with Crippen molar-refractivity contribution < 1.29 is 14.6 Å². The number of nitrogen functional groups attached to an aromatic ring is 1. The van der Waals surface area contributed by atoms with Crippen LogP contribution in [0.2, 0.25) is 0 Å². The van der Waals surface area contributed by atoms with E-state index in [1.54, 1.807) is 30.5 Å². The molecule has 2 aromatic heterocycles. The van der Waals surface area contributed by atoms with Crippen molar-refractivity contribution >= 4 is 22.8 Å². The third-order valence-electron chi connectivity index (χ3n) is 7.34. The smallest absolute Gasteiger partial charge is 0.239 e. The Morgan fingerprint density at radius 3 is 2.49 bits per heavy atom. The number of aromatic hydroxyl groups is 1. The number of fused-ring (bicyclic) bond motifs is 1. The summed E-state index contributed by atoms with van der Waals surface area (Å²) in [5, 5.41) is 14.8. The van der Waals surface area contributed by atoms with Gasteiger partial charge in [0.15, 0.2) is 11.5 Å². The number of carbonyl (C=O) groups excluding carboxylic acids is 1. The summed E-state index contributed by atoms with van der Waals surface area (Å²) in [7, 11) is 0. The number of benzene rings is 3. The lowest BCUT2D eigenvalue weighted by Crippen LogP contribution is -2.49. The second kappa shape index (κ2) is 11.3. The molecule has 1 amide bonds. The van der Waals surface area contributed by atoms with Crippen LogP contribution in [0.15, 0.2) is 85.1 Å². The first kappa shape index (κ1) is 26.3. The molecule has 5 aromatic rings. The highest BCUT2D eigenvalue weighted by atomic mass is 16.5. The van der Waals surface area contributed by atoms with Gasteiger partial charge >= 0.3 is 0 Å². The second-order valence-electron chi connectivity index (χ2n) is 10.3. The number of hydrogen-bond acceptors (Lipinski definition) is 8. The van der Waals surface area contributed by atoms with Crippen LogP contribution in [0.4, 0.5) is 5.82 Å². The average molecular weight is 550 g/mol. The maximum absolute atomic E-state index is 13.3. The molecule has 0 aliphatic carbocycles.